The SMILES string of the molecule is OB(O)c1cccc(/C=C/c2ccc(B(O)O)cc2Cl)c1. The van der Waals surface area contributed by atoms with E-state index in [1.165, 1.54) is 6.07 Å². The molecule has 0 heterocycles. The van der Waals surface area contributed by atoms with Crippen molar-refractivity contribution in [2.75, 3.05) is 0 Å². The van der Waals surface area contributed by atoms with Crippen LogP contribution < -0.4 is 10.9 Å². The van der Waals surface area contributed by atoms with Gasteiger partial charge < -0.3 is 20.1 Å². The second-order valence-electron chi connectivity index (χ2n) is 4.53. The second kappa shape index (κ2) is 6.93. The molecule has 0 aromatic heterocycles. The average molecular weight is 302 g/mol. The minimum Gasteiger partial charge on any atom is -0.423 e. The van der Waals surface area contributed by atoms with Crippen molar-refractivity contribution in [2.45, 2.75) is 0 Å². The first kappa shape index (κ1) is 15.8. The lowest BCUT2D eigenvalue weighted by Gasteiger charge is -2.04. The molecule has 0 fully saturated rings. The minimum absolute atomic E-state index is 0.322. The van der Waals surface area contributed by atoms with Gasteiger partial charge in [0.05, 0.1) is 0 Å². The van der Waals surface area contributed by atoms with E-state index < -0.39 is 14.2 Å². The molecule has 4 nitrogen and oxygen atoms in total. The van der Waals surface area contributed by atoms with E-state index in [4.69, 9.17) is 31.7 Å². The summed E-state index contributed by atoms with van der Waals surface area (Å²) in [7, 11) is -3.06. The molecule has 0 saturated heterocycles. The molecular weight excluding hydrogens is 289 g/mol. The number of hydrogen-bond donors (Lipinski definition) is 4. The summed E-state index contributed by atoms with van der Waals surface area (Å²) in [6.45, 7) is 0. The molecule has 106 valence electrons. The monoisotopic (exact) mass is 302 g/mol. The van der Waals surface area contributed by atoms with Crippen LogP contribution in [-0.2, 0) is 0 Å². The van der Waals surface area contributed by atoms with Gasteiger partial charge in [0.15, 0.2) is 0 Å². The van der Waals surface area contributed by atoms with Gasteiger partial charge in [-0.2, -0.15) is 0 Å². The Morgan fingerprint density at radius 2 is 1.48 bits per heavy atom. The molecule has 2 aromatic carbocycles. The quantitative estimate of drug-likeness (QED) is 0.468. The molecule has 0 saturated carbocycles. The van der Waals surface area contributed by atoms with Gasteiger partial charge >= 0.3 is 14.2 Å². The van der Waals surface area contributed by atoms with Crippen molar-refractivity contribution in [3.05, 3.63) is 58.6 Å². The fraction of sp³-hybridized carbons (Fsp3) is 0. The third-order valence-electron chi connectivity index (χ3n) is 2.99. The van der Waals surface area contributed by atoms with Crippen molar-refractivity contribution in [1.29, 1.82) is 0 Å². The van der Waals surface area contributed by atoms with Crippen LogP contribution in [0.1, 0.15) is 11.1 Å². The van der Waals surface area contributed by atoms with Gasteiger partial charge in [-0.3, -0.25) is 0 Å². The van der Waals surface area contributed by atoms with Gasteiger partial charge in [-0.25, -0.2) is 0 Å². The zero-order valence-electron chi connectivity index (χ0n) is 11.0. The molecule has 0 radical (unpaired) electrons. The highest BCUT2D eigenvalue weighted by molar-refractivity contribution is 6.59. The Bertz CT molecular complexity index is 659. The standard InChI is InChI=1S/C14H13B2ClO4/c17-14-9-13(16(20)21)7-6-11(14)5-4-10-2-1-3-12(8-10)15(18)19/h1-9,18-21H/b5-4+. The summed E-state index contributed by atoms with van der Waals surface area (Å²) in [6.07, 6.45) is 3.54. The van der Waals surface area contributed by atoms with E-state index in [-0.39, 0.29) is 0 Å². The molecule has 0 spiro atoms. The van der Waals surface area contributed by atoms with Gasteiger partial charge in [0.1, 0.15) is 0 Å². The van der Waals surface area contributed by atoms with Gasteiger partial charge in [0.2, 0.25) is 0 Å². The molecule has 0 aliphatic carbocycles. The summed E-state index contributed by atoms with van der Waals surface area (Å²) in [5.41, 5.74) is 2.24. The molecule has 0 unspecified atom stereocenters. The van der Waals surface area contributed by atoms with Crippen LogP contribution in [0.5, 0.6) is 0 Å². The normalized spacial score (nSPS) is 10.9. The van der Waals surface area contributed by atoms with E-state index in [1.54, 1.807) is 42.5 Å². The van der Waals surface area contributed by atoms with Crippen LogP contribution in [0.4, 0.5) is 0 Å². The number of rotatable bonds is 4. The smallest absolute Gasteiger partial charge is 0.423 e. The maximum Gasteiger partial charge on any atom is 0.488 e. The Hall–Kier alpha value is -1.56. The number of halogens is 1. The van der Waals surface area contributed by atoms with E-state index in [0.717, 1.165) is 11.1 Å². The summed E-state index contributed by atoms with van der Waals surface area (Å²) < 4.78 is 0. The Balaban J connectivity index is 2.23. The Kier molecular flexibility index (Phi) is 5.22. The third-order valence-corrected chi connectivity index (χ3v) is 3.31. The van der Waals surface area contributed by atoms with Crippen molar-refractivity contribution in [3.63, 3.8) is 0 Å². The zero-order chi connectivity index (χ0) is 15.4. The lowest BCUT2D eigenvalue weighted by Crippen LogP contribution is -2.29. The highest BCUT2D eigenvalue weighted by Crippen LogP contribution is 2.17. The van der Waals surface area contributed by atoms with Gasteiger partial charge in [0.25, 0.3) is 0 Å². The van der Waals surface area contributed by atoms with Crippen molar-refractivity contribution in [1.82, 2.24) is 0 Å². The van der Waals surface area contributed by atoms with Crippen LogP contribution in [0.15, 0.2) is 42.5 Å². The fourth-order valence-corrected chi connectivity index (χ4v) is 2.10. The van der Waals surface area contributed by atoms with Crippen molar-refractivity contribution >= 4 is 48.9 Å². The molecule has 0 atom stereocenters. The van der Waals surface area contributed by atoms with Crippen LogP contribution in [0.25, 0.3) is 12.2 Å². The van der Waals surface area contributed by atoms with E-state index in [1.807, 2.05) is 6.07 Å². The highest BCUT2D eigenvalue weighted by Gasteiger charge is 2.12. The summed E-state index contributed by atoms with van der Waals surface area (Å²) >= 11 is 6.07. The molecular formula is C14H13B2ClO4. The van der Waals surface area contributed by atoms with Crippen LogP contribution in [-0.4, -0.2) is 34.3 Å². The maximum atomic E-state index is 9.12. The van der Waals surface area contributed by atoms with E-state index >= 15 is 0 Å². The van der Waals surface area contributed by atoms with Crippen molar-refractivity contribution < 1.29 is 20.1 Å². The molecule has 2 rings (SSSR count). The van der Waals surface area contributed by atoms with Gasteiger partial charge in [-0.05, 0) is 28.1 Å². The molecule has 0 bridgehead atoms. The van der Waals surface area contributed by atoms with Gasteiger partial charge in [0, 0.05) is 5.02 Å². The first-order valence-electron chi connectivity index (χ1n) is 6.27. The second-order valence-corrected chi connectivity index (χ2v) is 4.94. The predicted molar refractivity (Wildman–Crippen MR) is 86.5 cm³/mol. The average Bonchev–Trinajstić information content (AvgIpc) is 2.46. The van der Waals surface area contributed by atoms with Crippen LogP contribution in [0.3, 0.4) is 0 Å². The molecule has 0 aliphatic heterocycles. The van der Waals surface area contributed by atoms with Crippen LogP contribution in [0, 0.1) is 0 Å². The first-order chi connectivity index (χ1) is 9.97. The Morgan fingerprint density at radius 1 is 0.810 bits per heavy atom. The predicted octanol–water partition coefficient (Wildman–Crippen LogP) is -0.130. The molecule has 0 aliphatic rings. The number of benzene rings is 2. The summed E-state index contributed by atoms with van der Waals surface area (Å²) in [6, 6.07) is 11.6. The Labute approximate surface area is 128 Å². The summed E-state index contributed by atoms with van der Waals surface area (Å²) in [4.78, 5) is 0. The lowest BCUT2D eigenvalue weighted by molar-refractivity contribution is 0.424. The molecule has 2 aromatic rings. The Morgan fingerprint density at radius 3 is 2.10 bits per heavy atom. The maximum absolute atomic E-state index is 9.12. The van der Waals surface area contributed by atoms with Gasteiger partial charge in [-0.1, -0.05) is 60.2 Å². The topological polar surface area (TPSA) is 80.9 Å². The summed E-state index contributed by atoms with van der Waals surface area (Å²) in [5, 5.41) is 36.8. The van der Waals surface area contributed by atoms with Crippen LogP contribution >= 0.6 is 11.6 Å². The van der Waals surface area contributed by atoms with E-state index in [2.05, 4.69) is 0 Å². The van der Waals surface area contributed by atoms with E-state index in [9.17, 15) is 0 Å². The molecule has 7 heteroatoms. The zero-order valence-corrected chi connectivity index (χ0v) is 11.8. The fourth-order valence-electron chi connectivity index (χ4n) is 1.85. The van der Waals surface area contributed by atoms with Crippen molar-refractivity contribution in [3.8, 4) is 0 Å². The van der Waals surface area contributed by atoms with Gasteiger partial charge in [-0.15, -0.1) is 0 Å². The third kappa shape index (κ3) is 4.20. The first-order valence-corrected chi connectivity index (χ1v) is 6.65. The lowest BCUT2D eigenvalue weighted by atomic mass is 9.79. The van der Waals surface area contributed by atoms with Crippen molar-refractivity contribution in [2.24, 2.45) is 0 Å². The highest BCUT2D eigenvalue weighted by atomic mass is 35.5. The molecule has 0 amide bonds. The van der Waals surface area contributed by atoms with Crippen LogP contribution in [0.2, 0.25) is 5.02 Å². The number of hydrogen-bond acceptors (Lipinski definition) is 4. The summed E-state index contributed by atoms with van der Waals surface area (Å²) in [5.74, 6) is 0. The molecule has 4 N–H and O–H groups in total. The minimum atomic E-state index is -1.55. The van der Waals surface area contributed by atoms with E-state index in [0.29, 0.717) is 15.9 Å². The molecule has 21 heavy (non-hydrogen) atoms. The largest absolute Gasteiger partial charge is 0.488 e.